The van der Waals surface area contributed by atoms with E-state index in [2.05, 4.69) is 17.1 Å². The van der Waals surface area contributed by atoms with Gasteiger partial charge in [-0.2, -0.15) is 0 Å². The number of nitrogens with one attached hydrogen (secondary N) is 1. The molecule has 0 spiro atoms. The Morgan fingerprint density at radius 1 is 1.40 bits per heavy atom. The molecule has 2 saturated heterocycles. The fourth-order valence-electron chi connectivity index (χ4n) is 3.20. The Kier molecular flexibility index (Phi) is 4.86. The van der Waals surface area contributed by atoms with Crippen molar-refractivity contribution < 1.29 is 14.7 Å². The summed E-state index contributed by atoms with van der Waals surface area (Å²) in [6, 6.07) is 0.675. The predicted octanol–water partition coefficient (Wildman–Crippen LogP) is 0.975. The number of carbonyl (C=O) groups is 2. The number of hydrogen-bond donors (Lipinski definition) is 2. The molecule has 0 aromatic rings. The number of carbonyl (C=O) groups excluding carboxylic acids is 1. The molecule has 3 unspecified atom stereocenters. The van der Waals surface area contributed by atoms with Crippen LogP contribution in [0.15, 0.2) is 0 Å². The van der Waals surface area contributed by atoms with E-state index < -0.39 is 5.97 Å². The van der Waals surface area contributed by atoms with Crippen LogP contribution >= 0.6 is 0 Å². The molecule has 2 aliphatic heterocycles. The van der Waals surface area contributed by atoms with Gasteiger partial charge in [0.25, 0.3) is 0 Å². The Labute approximate surface area is 120 Å². The normalized spacial score (nSPS) is 28.0. The highest BCUT2D eigenvalue weighted by molar-refractivity contribution is 5.75. The van der Waals surface area contributed by atoms with Crippen molar-refractivity contribution in [3.8, 4) is 0 Å². The van der Waals surface area contributed by atoms with Gasteiger partial charge >= 0.3 is 12.0 Å². The van der Waals surface area contributed by atoms with E-state index in [0.717, 1.165) is 19.6 Å². The maximum absolute atomic E-state index is 12.2. The van der Waals surface area contributed by atoms with Crippen LogP contribution in [-0.4, -0.2) is 65.2 Å². The molecule has 6 nitrogen and oxygen atoms in total. The van der Waals surface area contributed by atoms with Crippen molar-refractivity contribution in [3.05, 3.63) is 0 Å². The maximum Gasteiger partial charge on any atom is 0.317 e. The molecule has 114 valence electrons. The van der Waals surface area contributed by atoms with Crippen LogP contribution in [0.2, 0.25) is 0 Å². The summed E-state index contributed by atoms with van der Waals surface area (Å²) in [4.78, 5) is 27.2. The van der Waals surface area contributed by atoms with Crippen LogP contribution in [0.1, 0.15) is 33.1 Å². The number of carboxylic acid groups (broad SMARTS) is 1. The van der Waals surface area contributed by atoms with Gasteiger partial charge in [0.15, 0.2) is 0 Å². The zero-order valence-corrected chi connectivity index (χ0v) is 12.3. The molecule has 20 heavy (non-hydrogen) atoms. The van der Waals surface area contributed by atoms with Gasteiger partial charge in [0, 0.05) is 38.1 Å². The molecule has 2 aliphatic rings. The summed E-state index contributed by atoms with van der Waals surface area (Å²) in [5, 5.41) is 11.6. The van der Waals surface area contributed by atoms with Crippen molar-refractivity contribution >= 4 is 12.0 Å². The SMILES string of the molecule is CC(CNC(=O)N1CC2CCCN2CC1C)CC(=O)O. The predicted molar refractivity (Wildman–Crippen MR) is 75.6 cm³/mol. The monoisotopic (exact) mass is 283 g/mol. The lowest BCUT2D eigenvalue weighted by molar-refractivity contribution is -0.137. The first-order chi connectivity index (χ1) is 9.47. The highest BCUT2D eigenvalue weighted by atomic mass is 16.4. The van der Waals surface area contributed by atoms with E-state index in [-0.39, 0.29) is 24.4 Å². The van der Waals surface area contributed by atoms with Crippen molar-refractivity contribution in [2.75, 3.05) is 26.2 Å². The van der Waals surface area contributed by atoms with Crippen molar-refractivity contribution in [2.45, 2.75) is 45.2 Å². The van der Waals surface area contributed by atoms with Gasteiger partial charge in [-0.15, -0.1) is 0 Å². The number of urea groups is 1. The van der Waals surface area contributed by atoms with Gasteiger partial charge in [-0.25, -0.2) is 4.79 Å². The van der Waals surface area contributed by atoms with Crippen molar-refractivity contribution in [3.63, 3.8) is 0 Å². The van der Waals surface area contributed by atoms with E-state index in [9.17, 15) is 9.59 Å². The maximum atomic E-state index is 12.2. The van der Waals surface area contributed by atoms with E-state index in [1.54, 1.807) is 0 Å². The second-order valence-electron chi connectivity index (χ2n) is 6.18. The van der Waals surface area contributed by atoms with Crippen LogP contribution in [0.5, 0.6) is 0 Å². The summed E-state index contributed by atoms with van der Waals surface area (Å²) < 4.78 is 0. The Bertz CT molecular complexity index is 375. The average molecular weight is 283 g/mol. The molecule has 2 heterocycles. The van der Waals surface area contributed by atoms with Gasteiger partial charge in [-0.1, -0.05) is 6.92 Å². The topological polar surface area (TPSA) is 72.9 Å². The van der Waals surface area contributed by atoms with Gasteiger partial charge < -0.3 is 15.3 Å². The number of amides is 2. The molecule has 3 atom stereocenters. The third kappa shape index (κ3) is 3.62. The molecule has 0 radical (unpaired) electrons. The van der Waals surface area contributed by atoms with Gasteiger partial charge in [0.2, 0.25) is 0 Å². The van der Waals surface area contributed by atoms with E-state index >= 15 is 0 Å². The molecule has 2 rings (SSSR count). The number of aliphatic carboxylic acids is 1. The van der Waals surface area contributed by atoms with Crippen LogP contribution in [0.25, 0.3) is 0 Å². The molecule has 0 aliphatic carbocycles. The molecule has 2 N–H and O–H groups in total. The first-order valence-electron chi connectivity index (χ1n) is 7.47. The molecule has 6 heteroatoms. The number of rotatable bonds is 4. The minimum absolute atomic E-state index is 0.0421. The Morgan fingerprint density at radius 2 is 2.15 bits per heavy atom. The molecular weight excluding hydrogens is 258 g/mol. The largest absolute Gasteiger partial charge is 0.481 e. The number of nitrogens with zero attached hydrogens (tertiary/aromatic N) is 2. The van der Waals surface area contributed by atoms with Gasteiger partial charge in [0.1, 0.15) is 0 Å². The Balaban J connectivity index is 1.81. The van der Waals surface area contributed by atoms with Crippen LogP contribution in [-0.2, 0) is 4.79 Å². The molecule has 2 fully saturated rings. The standard InChI is InChI=1S/C14H25N3O3/c1-10(6-13(18)19)7-15-14(20)17-9-12-4-3-5-16(12)8-11(17)2/h10-12H,3-9H2,1-2H3,(H,15,20)(H,18,19). The van der Waals surface area contributed by atoms with Crippen LogP contribution in [0, 0.1) is 5.92 Å². The molecule has 0 aromatic heterocycles. The fourth-order valence-corrected chi connectivity index (χ4v) is 3.20. The number of carboxylic acids is 1. The zero-order valence-electron chi connectivity index (χ0n) is 12.3. The summed E-state index contributed by atoms with van der Waals surface area (Å²) in [7, 11) is 0. The highest BCUT2D eigenvalue weighted by Gasteiger charge is 2.36. The van der Waals surface area contributed by atoms with Crippen LogP contribution in [0.4, 0.5) is 4.79 Å². The molecule has 2 amide bonds. The summed E-state index contributed by atoms with van der Waals surface area (Å²) in [6.45, 7) is 7.23. The minimum Gasteiger partial charge on any atom is -0.481 e. The summed E-state index contributed by atoms with van der Waals surface area (Å²) >= 11 is 0. The zero-order chi connectivity index (χ0) is 14.7. The smallest absolute Gasteiger partial charge is 0.317 e. The lowest BCUT2D eigenvalue weighted by atomic mass is 10.1. The van der Waals surface area contributed by atoms with Gasteiger partial charge in [0.05, 0.1) is 0 Å². The van der Waals surface area contributed by atoms with E-state index in [4.69, 9.17) is 5.11 Å². The fraction of sp³-hybridized carbons (Fsp3) is 0.857. The average Bonchev–Trinajstić information content (AvgIpc) is 2.81. The van der Waals surface area contributed by atoms with Crippen LogP contribution in [0.3, 0.4) is 0 Å². The van der Waals surface area contributed by atoms with E-state index in [1.165, 1.54) is 12.8 Å². The van der Waals surface area contributed by atoms with Crippen molar-refractivity contribution in [2.24, 2.45) is 5.92 Å². The molecular formula is C14H25N3O3. The van der Waals surface area contributed by atoms with Crippen molar-refractivity contribution in [1.29, 1.82) is 0 Å². The Morgan fingerprint density at radius 3 is 2.85 bits per heavy atom. The third-order valence-electron chi connectivity index (χ3n) is 4.32. The first kappa shape index (κ1) is 15.1. The first-order valence-corrected chi connectivity index (χ1v) is 7.47. The minimum atomic E-state index is -0.820. The summed E-state index contributed by atoms with van der Waals surface area (Å²) in [5.41, 5.74) is 0. The molecule has 0 saturated carbocycles. The molecule has 0 aromatic carbocycles. The van der Waals surface area contributed by atoms with Gasteiger partial charge in [-0.05, 0) is 32.2 Å². The number of fused-ring (bicyclic) bond motifs is 1. The van der Waals surface area contributed by atoms with Crippen LogP contribution < -0.4 is 5.32 Å². The quantitative estimate of drug-likeness (QED) is 0.806. The highest BCUT2D eigenvalue weighted by Crippen LogP contribution is 2.24. The lowest BCUT2D eigenvalue weighted by Crippen LogP contribution is -2.59. The second kappa shape index (κ2) is 6.43. The van der Waals surface area contributed by atoms with Crippen molar-refractivity contribution in [1.82, 2.24) is 15.1 Å². The summed E-state index contributed by atoms with van der Waals surface area (Å²) in [5.74, 6) is -0.862. The third-order valence-corrected chi connectivity index (χ3v) is 4.32. The number of piperazine rings is 1. The van der Waals surface area contributed by atoms with E-state index in [0.29, 0.717) is 12.6 Å². The lowest BCUT2D eigenvalue weighted by Gasteiger charge is -2.42. The Hall–Kier alpha value is -1.30. The molecule has 0 bridgehead atoms. The summed E-state index contributed by atoms with van der Waals surface area (Å²) in [6.07, 6.45) is 2.49. The van der Waals surface area contributed by atoms with E-state index in [1.807, 2.05) is 11.8 Å². The second-order valence-corrected chi connectivity index (χ2v) is 6.18. The van der Waals surface area contributed by atoms with Gasteiger partial charge in [-0.3, -0.25) is 9.69 Å². The number of hydrogen-bond acceptors (Lipinski definition) is 3.